The molecule has 1 N–H and O–H groups in total. The van der Waals surface area contributed by atoms with E-state index in [9.17, 15) is 17.9 Å². The monoisotopic (exact) mass is 344 g/mol. The summed E-state index contributed by atoms with van der Waals surface area (Å²) in [6.07, 6.45) is -1.56. The molecule has 0 fully saturated rings. The molecule has 0 aromatic heterocycles. The molecule has 3 nitrogen and oxygen atoms in total. The first kappa shape index (κ1) is 14.9. The highest BCUT2D eigenvalue weighted by atomic mass is 79.9. The summed E-state index contributed by atoms with van der Waals surface area (Å²) in [5.74, 6) is -0.816. The Morgan fingerprint density at radius 2 is 2.18 bits per heavy atom. The summed E-state index contributed by atoms with van der Waals surface area (Å²) in [7, 11) is -3.75. The van der Waals surface area contributed by atoms with Crippen LogP contribution in [0.1, 0.15) is 18.6 Å². The third-order valence-corrected chi connectivity index (χ3v) is 6.92. The van der Waals surface area contributed by atoms with Gasteiger partial charge in [-0.05, 0) is 33.6 Å². The van der Waals surface area contributed by atoms with Crippen molar-refractivity contribution in [3.63, 3.8) is 0 Å². The van der Waals surface area contributed by atoms with Gasteiger partial charge in [-0.3, -0.25) is 0 Å². The van der Waals surface area contributed by atoms with Crippen LogP contribution in [0.15, 0.2) is 24.3 Å². The average Bonchev–Trinajstić information content (AvgIpc) is 2.27. The molecule has 2 atom stereocenters. The van der Waals surface area contributed by atoms with Gasteiger partial charge in [-0.1, -0.05) is 30.7 Å². The number of halogens is 3. The zero-order valence-electron chi connectivity index (χ0n) is 8.90. The number of aliphatic hydroxyl groups excluding tert-OH is 1. The molecule has 1 aromatic rings. The smallest absolute Gasteiger partial charge is 0.229 e. The summed E-state index contributed by atoms with van der Waals surface area (Å²) in [6, 6.07) is 4.99. The number of rotatable bonds is 4. The lowest BCUT2D eigenvalue weighted by Crippen LogP contribution is -2.34. The molecule has 0 radical (unpaired) electrons. The first-order valence-corrected chi connectivity index (χ1v) is 7.58. The van der Waals surface area contributed by atoms with Gasteiger partial charge in [0.2, 0.25) is 3.12 Å². The molecule has 0 aliphatic heterocycles. The number of benzene rings is 1. The maximum Gasteiger partial charge on any atom is 0.229 e. The van der Waals surface area contributed by atoms with E-state index in [1.807, 2.05) is 0 Å². The summed E-state index contributed by atoms with van der Waals surface area (Å²) in [5, 5.41) is 9.91. The van der Waals surface area contributed by atoms with Crippen LogP contribution in [0, 0.1) is 5.82 Å². The number of alkyl halides is 2. The largest absolute Gasteiger partial charge is 0.385 e. The van der Waals surface area contributed by atoms with Crippen LogP contribution in [0.25, 0.3) is 0 Å². The lowest BCUT2D eigenvalue weighted by atomic mass is 10.1. The van der Waals surface area contributed by atoms with E-state index in [4.69, 9.17) is 11.6 Å². The van der Waals surface area contributed by atoms with Gasteiger partial charge in [0.05, 0.1) is 5.75 Å². The van der Waals surface area contributed by atoms with Crippen LogP contribution in [-0.4, -0.2) is 22.4 Å². The Labute approximate surface area is 113 Å². The number of sulfone groups is 1. The van der Waals surface area contributed by atoms with Crippen molar-refractivity contribution < 1.29 is 17.9 Å². The highest BCUT2D eigenvalue weighted by molar-refractivity contribution is 9.12. The lowest BCUT2D eigenvalue weighted by Gasteiger charge is -2.25. The predicted molar refractivity (Wildman–Crippen MR) is 68.3 cm³/mol. The van der Waals surface area contributed by atoms with Gasteiger partial charge in [0.15, 0.2) is 9.84 Å². The van der Waals surface area contributed by atoms with Crippen molar-refractivity contribution in [3.05, 3.63) is 35.6 Å². The van der Waals surface area contributed by atoms with Crippen LogP contribution < -0.4 is 0 Å². The summed E-state index contributed by atoms with van der Waals surface area (Å²) in [5.41, 5.74) is 0.0916. The molecular weight excluding hydrogens is 335 g/mol. The fraction of sp³-hybridized carbons (Fsp3) is 0.400. The highest BCUT2D eigenvalue weighted by Crippen LogP contribution is 2.42. The van der Waals surface area contributed by atoms with Crippen molar-refractivity contribution in [1.82, 2.24) is 0 Å². The Balaban J connectivity index is 3.17. The van der Waals surface area contributed by atoms with Crippen molar-refractivity contribution in [2.75, 3.05) is 5.75 Å². The zero-order valence-corrected chi connectivity index (χ0v) is 12.1. The van der Waals surface area contributed by atoms with Gasteiger partial charge in [-0.2, -0.15) is 0 Å². The summed E-state index contributed by atoms with van der Waals surface area (Å²) in [4.78, 5) is 0. The van der Waals surface area contributed by atoms with Crippen LogP contribution in [0.2, 0.25) is 0 Å². The molecule has 0 saturated carbocycles. The summed E-state index contributed by atoms with van der Waals surface area (Å²) in [6.45, 7) is 1.41. The lowest BCUT2D eigenvalue weighted by molar-refractivity contribution is 0.184. The van der Waals surface area contributed by atoms with Gasteiger partial charge in [0.1, 0.15) is 11.9 Å². The second-order valence-electron chi connectivity index (χ2n) is 3.42. The SMILES string of the molecule is CCS(=O)(=O)[C@](Cl)(Br)[C@H](O)c1cccc(F)c1. The molecule has 17 heavy (non-hydrogen) atoms. The normalized spacial score (nSPS) is 17.5. The van der Waals surface area contributed by atoms with E-state index in [1.165, 1.54) is 25.1 Å². The zero-order chi connectivity index (χ0) is 13.3. The summed E-state index contributed by atoms with van der Waals surface area (Å²) < 4.78 is 34.3. The quantitative estimate of drug-likeness (QED) is 0.853. The van der Waals surface area contributed by atoms with E-state index >= 15 is 0 Å². The maximum atomic E-state index is 13.0. The maximum absolute atomic E-state index is 13.0. The Morgan fingerprint density at radius 3 is 2.65 bits per heavy atom. The molecule has 0 unspecified atom stereocenters. The topological polar surface area (TPSA) is 54.4 Å². The van der Waals surface area contributed by atoms with E-state index < -0.39 is 24.9 Å². The Kier molecular flexibility index (Phi) is 4.57. The highest BCUT2D eigenvalue weighted by Gasteiger charge is 2.45. The van der Waals surface area contributed by atoms with Gasteiger partial charge in [-0.25, -0.2) is 12.8 Å². The van der Waals surface area contributed by atoms with Crippen LogP contribution >= 0.6 is 27.5 Å². The minimum absolute atomic E-state index is 0.0916. The van der Waals surface area contributed by atoms with Crippen LogP contribution in [0.3, 0.4) is 0 Å². The molecule has 7 heteroatoms. The molecule has 0 bridgehead atoms. The van der Waals surface area contributed by atoms with Gasteiger partial charge in [0.25, 0.3) is 0 Å². The van der Waals surface area contributed by atoms with E-state index in [2.05, 4.69) is 15.9 Å². The van der Waals surface area contributed by atoms with Crippen LogP contribution in [0.4, 0.5) is 4.39 Å². The van der Waals surface area contributed by atoms with Crippen molar-refractivity contribution >= 4 is 37.4 Å². The van der Waals surface area contributed by atoms with Crippen molar-refractivity contribution in [2.45, 2.75) is 16.1 Å². The average molecular weight is 346 g/mol. The number of aliphatic hydroxyl groups is 1. The van der Waals surface area contributed by atoms with Crippen molar-refractivity contribution in [1.29, 1.82) is 0 Å². The van der Waals surface area contributed by atoms with E-state index in [-0.39, 0.29) is 11.3 Å². The molecule has 1 aromatic carbocycles. The van der Waals surface area contributed by atoms with Gasteiger partial charge in [0, 0.05) is 0 Å². The minimum atomic E-state index is -3.75. The van der Waals surface area contributed by atoms with Gasteiger partial charge < -0.3 is 5.11 Å². The summed E-state index contributed by atoms with van der Waals surface area (Å²) >= 11 is 8.62. The Bertz CT molecular complexity index is 504. The molecule has 1 rings (SSSR count). The Morgan fingerprint density at radius 1 is 1.59 bits per heavy atom. The van der Waals surface area contributed by atoms with Crippen LogP contribution in [0.5, 0.6) is 0 Å². The second-order valence-corrected chi connectivity index (χ2v) is 8.93. The first-order valence-electron chi connectivity index (χ1n) is 4.76. The van der Waals surface area contributed by atoms with Crippen molar-refractivity contribution in [3.8, 4) is 0 Å². The molecule has 0 saturated heterocycles. The minimum Gasteiger partial charge on any atom is -0.385 e. The van der Waals surface area contributed by atoms with Gasteiger partial charge >= 0.3 is 0 Å². The molecular formula is C10H11BrClFO3S. The fourth-order valence-electron chi connectivity index (χ4n) is 1.23. The molecule has 0 spiro atoms. The Hall–Kier alpha value is -0.170. The second kappa shape index (κ2) is 5.22. The molecule has 0 aliphatic carbocycles. The van der Waals surface area contributed by atoms with Gasteiger partial charge in [-0.15, -0.1) is 0 Å². The fourth-order valence-corrected chi connectivity index (χ4v) is 3.50. The third kappa shape index (κ3) is 2.99. The van der Waals surface area contributed by atoms with E-state index in [0.717, 1.165) is 6.07 Å². The molecule has 0 heterocycles. The van der Waals surface area contributed by atoms with E-state index in [1.54, 1.807) is 0 Å². The van der Waals surface area contributed by atoms with E-state index in [0.29, 0.717) is 0 Å². The standard InChI is InChI=1S/C10H11BrClFO3S/c1-2-17(15,16)10(11,12)9(14)7-4-3-5-8(13)6-7/h3-6,9,14H,2H2,1H3/t9-,10+/m1/s1. The molecule has 0 aliphatic rings. The molecule has 0 amide bonds. The van der Waals surface area contributed by atoms with Crippen molar-refractivity contribution in [2.24, 2.45) is 0 Å². The number of hydrogen-bond acceptors (Lipinski definition) is 3. The number of hydrogen-bond donors (Lipinski definition) is 1. The van der Waals surface area contributed by atoms with Crippen LogP contribution in [-0.2, 0) is 9.84 Å². The first-order chi connectivity index (χ1) is 7.72. The molecule has 96 valence electrons. The predicted octanol–water partition coefficient (Wildman–Crippen LogP) is 2.58. The third-order valence-electron chi connectivity index (χ3n) is 2.28.